The van der Waals surface area contributed by atoms with Gasteiger partial charge in [0.15, 0.2) is 0 Å². The number of nitrogens with one attached hydrogen (secondary N) is 1. The molecule has 0 saturated heterocycles. The van der Waals surface area contributed by atoms with Crippen LogP contribution in [0.4, 0.5) is 11.4 Å². The predicted molar refractivity (Wildman–Crippen MR) is 69.4 cm³/mol. The van der Waals surface area contributed by atoms with Gasteiger partial charge in [0.25, 0.3) is 0 Å². The van der Waals surface area contributed by atoms with Crippen molar-refractivity contribution in [1.82, 2.24) is 4.98 Å². The number of nitrogens with zero attached hydrogens (tertiary/aromatic N) is 1. The molecule has 1 heterocycles. The first-order valence-electron chi connectivity index (χ1n) is 4.37. The number of benzene rings is 1. The number of pyridine rings is 1. The molecule has 0 atom stereocenters. The van der Waals surface area contributed by atoms with Gasteiger partial charge in [0.05, 0.1) is 11.9 Å². The second-order valence-electron chi connectivity index (χ2n) is 3.02. The summed E-state index contributed by atoms with van der Waals surface area (Å²) in [6, 6.07) is 9.89. The number of hydrogen-bond acceptors (Lipinski definition) is 2. The van der Waals surface area contributed by atoms with Crippen LogP contribution in [-0.4, -0.2) is 4.98 Å². The van der Waals surface area contributed by atoms with Gasteiger partial charge >= 0.3 is 0 Å². The summed E-state index contributed by atoms with van der Waals surface area (Å²) in [6.07, 6.45) is 3.54. The highest BCUT2D eigenvalue weighted by Gasteiger charge is 1.97. The van der Waals surface area contributed by atoms with Crippen molar-refractivity contribution in [3.63, 3.8) is 0 Å². The summed E-state index contributed by atoms with van der Waals surface area (Å²) in [5.74, 6) is 0. The van der Waals surface area contributed by atoms with Crippen LogP contribution < -0.4 is 5.32 Å². The Bertz CT molecular complexity index is 437. The van der Waals surface area contributed by atoms with E-state index >= 15 is 0 Å². The van der Waals surface area contributed by atoms with Gasteiger partial charge in [0.1, 0.15) is 0 Å². The molecule has 0 saturated carbocycles. The molecule has 0 bridgehead atoms. The molecular formula is C11H8Br2N2. The van der Waals surface area contributed by atoms with Gasteiger partial charge in [-0.25, -0.2) is 0 Å². The van der Waals surface area contributed by atoms with E-state index in [1.807, 2.05) is 30.3 Å². The van der Waals surface area contributed by atoms with Crippen molar-refractivity contribution in [2.45, 2.75) is 0 Å². The molecule has 2 rings (SSSR count). The second kappa shape index (κ2) is 4.77. The van der Waals surface area contributed by atoms with Gasteiger partial charge in [0.2, 0.25) is 0 Å². The van der Waals surface area contributed by atoms with Crippen LogP contribution in [0.2, 0.25) is 0 Å². The van der Waals surface area contributed by atoms with Gasteiger partial charge in [-0.05, 0) is 30.3 Å². The van der Waals surface area contributed by atoms with Gasteiger partial charge in [-0.15, -0.1) is 0 Å². The Balaban J connectivity index is 2.25. The molecule has 0 unspecified atom stereocenters. The summed E-state index contributed by atoms with van der Waals surface area (Å²) in [6.45, 7) is 0. The standard InChI is InChI=1S/C11H8Br2N2/c12-8-4-9(13)6-11(5-8)15-10-2-1-3-14-7-10/h1-7,15H. The van der Waals surface area contributed by atoms with E-state index in [9.17, 15) is 0 Å². The normalized spacial score (nSPS) is 10.0. The maximum absolute atomic E-state index is 4.04. The highest BCUT2D eigenvalue weighted by Crippen LogP contribution is 2.25. The number of rotatable bonds is 2. The molecule has 0 aliphatic heterocycles. The molecule has 1 aromatic carbocycles. The molecule has 76 valence electrons. The lowest BCUT2D eigenvalue weighted by atomic mass is 10.3. The number of halogens is 2. The molecule has 0 aliphatic rings. The molecule has 0 radical (unpaired) electrons. The molecule has 0 fully saturated rings. The minimum Gasteiger partial charge on any atom is -0.354 e. The monoisotopic (exact) mass is 326 g/mol. The van der Waals surface area contributed by atoms with Crippen molar-refractivity contribution in [3.05, 3.63) is 51.7 Å². The summed E-state index contributed by atoms with van der Waals surface area (Å²) >= 11 is 6.88. The van der Waals surface area contributed by atoms with E-state index < -0.39 is 0 Å². The largest absolute Gasteiger partial charge is 0.354 e. The van der Waals surface area contributed by atoms with Crippen LogP contribution in [0.25, 0.3) is 0 Å². The van der Waals surface area contributed by atoms with Crippen molar-refractivity contribution < 1.29 is 0 Å². The van der Waals surface area contributed by atoms with Crippen LogP contribution in [0.1, 0.15) is 0 Å². The van der Waals surface area contributed by atoms with E-state index in [-0.39, 0.29) is 0 Å². The van der Waals surface area contributed by atoms with Crippen molar-refractivity contribution >= 4 is 43.2 Å². The molecule has 0 aliphatic carbocycles. The molecular weight excluding hydrogens is 320 g/mol. The smallest absolute Gasteiger partial charge is 0.0570 e. The fourth-order valence-electron chi connectivity index (χ4n) is 1.23. The third-order valence-electron chi connectivity index (χ3n) is 1.81. The fraction of sp³-hybridized carbons (Fsp3) is 0. The molecule has 4 heteroatoms. The van der Waals surface area contributed by atoms with E-state index in [2.05, 4.69) is 42.2 Å². The number of hydrogen-bond donors (Lipinski definition) is 1. The SMILES string of the molecule is Brc1cc(Br)cc(Nc2cccnc2)c1. The third kappa shape index (κ3) is 3.04. The molecule has 15 heavy (non-hydrogen) atoms. The Hall–Kier alpha value is -0.870. The maximum Gasteiger partial charge on any atom is 0.0570 e. The van der Waals surface area contributed by atoms with E-state index in [0.717, 1.165) is 20.3 Å². The minimum atomic E-state index is 0.975. The fourth-order valence-corrected chi connectivity index (χ4v) is 2.52. The molecule has 1 N–H and O–H groups in total. The Labute approximate surface area is 105 Å². The van der Waals surface area contributed by atoms with E-state index in [1.54, 1.807) is 12.4 Å². The van der Waals surface area contributed by atoms with Crippen LogP contribution in [0.15, 0.2) is 51.7 Å². The minimum absolute atomic E-state index is 0.975. The van der Waals surface area contributed by atoms with Crippen LogP contribution in [0.5, 0.6) is 0 Å². The zero-order valence-corrected chi connectivity index (χ0v) is 10.9. The second-order valence-corrected chi connectivity index (χ2v) is 4.86. The Morgan fingerprint density at radius 2 is 1.73 bits per heavy atom. The number of aromatic nitrogens is 1. The molecule has 1 aromatic heterocycles. The number of anilines is 2. The lowest BCUT2D eigenvalue weighted by molar-refractivity contribution is 1.32. The maximum atomic E-state index is 4.04. The van der Waals surface area contributed by atoms with Crippen molar-refractivity contribution in [2.75, 3.05) is 5.32 Å². The molecule has 2 aromatic rings. The van der Waals surface area contributed by atoms with Gasteiger partial charge in [-0.3, -0.25) is 4.98 Å². The predicted octanol–water partition coefficient (Wildman–Crippen LogP) is 4.35. The van der Waals surface area contributed by atoms with Crippen LogP contribution >= 0.6 is 31.9 Å². The first kappa shape index (κ1) is 10.6. The Kier molecular flexibility index (Phi) is 3.38. The lowest BCUT2D eigenvalue weighted by Gasteiger charge is -2.06. The molecule has 2 nitrogen and oxygen atoms in total. The summed E-state index contributed by atoms with van der Waals surface area (Å²) in [5, 5.41) is 3.26. The van der Waals surface area contributed by atoms with Crippen LogP contribution in [0.3, 0.4) is 0 Å². The summed E-state index contributed by atoms with van der Waals surface area (Å²) < 4.78 is 2.06. The highest BCUT2D eigenvalue weighted by molar-refractivity contribution is 9.11. The zero-order valence-electron chi connectivity index (χ0n) is 7.74. The summed E-state index contributed by atoms with van der Waals surface area (Å²) in [5.41, 5.74) is 1.99. The Morgan fingerprint density at radius 1 is 1.00 bits per heavy atom. The zero-order chi connectivity index (χ0) is 10.7. The van der Waals surface area contributed by atoms with E-state index in [1.165, 1.54) is 0 Å². The van der Waals surface area contributed by atoms with E-state index in [0.29, 0.717) is 0 Å². The first-order chi connectivity index (χ1) is 7.24. The van der Waals surface area contributed by atoms with Crippen molar-refractivity contribution in [2.24, 2.45) is 0 Å². The van der Waals surface area contributed by atoms with E-state index in [4.69, 9.17) is 0 Å². The lowest BCUT2D eigenvalue weighted by Crippen LogP contribution is -1.90. The van der Waals surface area contributed by atoms with Gasteiger partial charge in [0, 0.05) is 20.8 Å². The van der Waals surface area contributed by atoms with Gasteiger partial charge in [-0.2, -0.15) is 0 Å². The highest BCUT2D eigenvalue weighted by atomic mass is 79.9. The van der Waals surface area contributed by atoms with Gasteiger partial charge in [-0.1, -0.05) is 31.9 Å². The van der Waals surface area contributed by atoms with Crippen molar-refractivity contribution in [3.8, 4) is 0 Å². The summed E-state index contributed by atoms with van der Waals surface area (Å²) in [7, 11) is 0. The first-order valence-corrected chi connectivity index (χ1v) is 5.96. The average molecular weight is 328 g/mol. The van der Waals surface area contributed by atoms with Crippen LogP contribution in [-0.2, 0) is 0 Å². The van der Waals surface area contributed by atoms with Crippen LogP contribution in [0, 0.1) is 0 Å². The molecule has 0 amide bonds. The Morgan fingerprint density at radius 3 is 2.33 bits per heavy atom. The summed E-state index contributed by atoms with van der Waals surface area (Å²) in [4.78, 5) is 4.04. The quantitative estimate of drug-likeness (QED) is 0.887. The average Bonchev–Trinajstić information content (AvgIpc) is 2.17. The van der Waals surface area contributed by atoms with Crippen molar-refractivity contribution in [1.29, 1.82) is 0 Å². The molecule has 0 spiro atoms. The third-order valence-corrected chi connectivity index (χ3v) is 2.73. The topological polar surface area (TPSA) is 24.9 Å². The van der Waals surface area contributed by atoms with Gasteiger partial charge < -0.3 is 5.32 Å².